The van der Waals surface area contributed by atoms with Gasteiger partial charge in [-0.3, -0.25) is 14.5 Å². The van der Waals surface area contributed by atoms with Gasteiger partial charge in [-0.1, -0.05) is 77.2 Å². The lowest BCUT2D eigenvalue weighted by Gasteiger charge is -2.22. The van der Waals surface area contributed by atoms with Gasteiger partial charge in [0.15, 0.2) is 4.34 Å². The molecule has 3 aromatic carbocycles. The molecular formula is C28H22ClN3O4S2. The van der Waals surface area contributed by atoms with Crippen LogP contribution in [0.2, 0.25) is 5.02 Å². The van der Waals surface area contributed by atoms with E-state index in [9.17, 15) is 14.7 Å². The van der Waals surface area contributed by atoms with Crippen molar-refractivity contribution in [3.63, 3.8) is 0 Å². The molecule has 10 heteroatoms. The van der Waals surface area contributed by atoms with E-state index in [1.54, 1.807) is 48.5 Å². The summed E-state index contributed by atoms with van der Waals surface area (Å²) in [6.07, 6.45) is 0. The molecule has 38 heavy (non-hydrogen) atoms. The molecule has 0 spiro atoms. The molecule has 1 N–H and O–H groups in total. The Morgan fingerprint density at radius 2 is 1.74 bits per heavy atom. The lowest BCUT2D eigenvalue weighted by molar-refractivity contribution is -0.132. The fraction of sp³-hybridized carbons (Fsp3) is 0.143. The van der Waals surface area contributed by atoms with Crippen LogP contribution in [-0.4, -0.2) is 33.6 Å². The van der Waals surface area contributed by atoms with Crippen LogP contribution in [0.3, 0.4) is 0 Å². The number of carbonyl (C=O) groups is 2. The Morgan fingerprint density at radius 3 is 2.42 bits per heavy atom. The van der Waals surface area contributed by atoms with E-state index >= 15 is 0 Å². The number of benzene rings is 3. The number of ketones is 1. The summed E-state index contributed by atoms with van der Waals surface area (Å²) in [6, 6.07) is 22.5. The van der Waals surface area contributed by atoms with Gasteiger partial charge in [0.05, 0.1) is 18.2 Å². The summed E-state index contributed by atoms with van der Waals surface area (Å²) in [5.74, 6) is -0.529. The van der Waals surface area contributed by atoms with Gasteiger partial charge in [0.2, 0.25) is 5.13 Å². The molecule has 1 saturated heterocycles. The van der Waals surface area contributed by atoms with Crippen molar-refractivity contribution in [1.82, 2.24) is 10.2 Å². The summed E-state index contributed by atoms with van der Waals surface area (Å²) in [6.45, 7) is 2.39. The number of thioether (sulfide) groups is 1. The highest BCUT2D eigenvalue weighted by Crippen LogP contribution is 2.44. The Hall–Kier alpha value is -3.66. The van der Waals surface area contributed by atoms with Crippen LogP contribution in [0, 0.1) is 0 Å². The molecule has 1 aliphatic heterocycles. The zero-order chi connectivity index (χ0) is 26.6. The van der Waals surface area contributed by atoms with Gasteiger partial charge in [-0.2, -0.15) is 0 Å². The Morgan fingerprint density at radius 1 is 1.03 bits per heavy atom. The molecule has 0 bridgehead atoms. The third-order valence-electron chi connectivity index (χ3n) is 5.88. The van der Waals surface area contributed by atoms with Crippen molar-refractivity contribution in [1.29, 1.82) is 0 Å². The third kappa shape index (κ3) is 5.31. The lowest BCUT2D eigenvalue weighted by Crippen LogP contribution is -2.29. The number of rotatable bonds is 8. The maximum absolute atomic E-state index is 13.4. The molecule has 0 saturated carbocycles. The van der Waals surface area contributed by atoms with Crippen LogP contribution in [0.1, 0.15) is 29.7 Å². The van der Waals surface area contributed by atoms with Crippen molar-refractivity contribution < 1.29 is 19.4 Å². The summed E-state index contributed by atoms with van der Waals surface area (Å²) in [4.78, 5) is 28.0. The SMILES string of the molecule is CCOc1ccc(C2/C(=C(/O)c3ccc(Cl)cc3)C(=O)C(=O)N2c2nnc(SCc3ccccc3)s2)cc1. The number of aliphatic hydroxyl groups is 1. The van der Waals surface area contributed by atoms with Crippen molar-refractivity contribution in [3.8, 4) is 5.75 Å². The normalized spacial score (nSPS) is 16.7. The molecule has 5 rings (SSSR count). The first kappa shape index (κ1) is 26.0. The first-order valence-electron chi connectivity index (χ1n) is 11.8. The van der Waals surface area contributed by atoms with E-state index in [1.807, 2.05) is 37.3 Å². The molecule has 1 aromatic heterocycles. The molecule has 1 amide bonds. The second kappa shape index (κ2) is 11.4. The maximum atomic E-state index is 13.4. The van der Waals surface area contributed by atoms with Crippen LogP contribution in [-0.2, 0) is 15.3 Å². The van der Waals surface area contributed by atoms with E-state index in [0.717, 1.165) is 5.56 Å². The summed E-state index contributed by atoms with van der Waals surface area (Å²) >= 11 is 8.73. The molecule has 1 fully saturated rings. The van der Waals surface area contributed by atoms with E-state index in [1.165, 1.54) is 28.0 Å². The van der Waals surface area contributed by atoms with Crippen LogP contribution >= 0.6 is 34.7 Å². The first-order valence-corrected chi connectivity index (χ1v) is 13.9. The smallest absolute Gasteiger partial charge is 0.301 e. The Bertz CT molecular complexity index is 1490. The molecule has 7 nitrogen and oxygen atoms in total. The number of Topliss-reactive ketones (excluding diaryl/α,β-unsaturated/α-hetero) is 1. The fourth-order valence-corrected chi connectivity index (χ4v) is 6.05. The van der Waals surface area contributed by atoms with Gasteiger partial charge in [-0.05, 0) is 54.4 Å². The number of hydrogen-bond donors (Lipinski definition) is 1. The van der Waals surface area contributed by atoms with Crippen LogP contribution in [0.25, 0.3) is 5.76 Å². The van der Waals surface area contributed by atoms with Gasteiger partial charge in [0, 0.05) is 16.3 Å². The Balaban J connectivity index is 1.54. The van der Waals surface area contributed by atoms with Gasteiger partial charge in [0.25, 0.3) is 5.78 Å². The van der Waals surface area contributed by atoms with Crippen molar-refractivity contribution in [2.45, 2.75) is 23.1 Å². The number of halogens is 1. The number of hydrogen-bond acceptors (Lipinski definition) is 8. The van der Waals surface area contributed by atoms with Crippen LogP contribution < -0.4 is 9.64 Å². The van der Waals surface area contributed by atoms with Gasteiger partial charge < -0.3 is 9.84 Å². The standard InChI is InChI=1S/C28H22ClN3O4S2/c1-2-36-21-14-10-18(11-15-21)23-22(24(33)19-8-12-20(29)13-9-19)25(34)26(35)32(23)27-30-31-28(38-27)37-16-17-6-4-3-5-7-17/h3-15,23,33H,2,16H2,1H3/b24-22-. The zero-order valence-corrected chi connectivity index (χ0v) is 22.6. The van der Waals surface area contributed by atoms with Crippen molar-refractivity contribution >= 4 is 57.3 Å². The fourth-order valence-electron chi connectivity index (χ4n) is 4.10. The topological polar surface area (TPSA) is 92.6 Å². The van der Waals surface area contributed by atoms with Crippen LogP contribution in [0.5, 0.6) is 5.75 Å². The van der Waals surface area contributed by atoms with Gasteiger partial charge >= 0.3 is 5.91 Å². The van der Waals surface area contributed by atoms with Crippen LogP contribution in [0.15, 0.2) is 88.8 Å². The zero-order valence-electron chi connectivity index (χ0n) is 20.2. The summed E-state index contributed by atoms with van der Waals surface area (Å²) < 4.78 is 6.22. The summed E-state index contributed by atoms with van der Waals surface area (Å²) in [7, 11) is 0. The minimum absolute atomic E-state index is 0.0322. The minimum atomic E-state index is -0.902. The quantitative estimate of drug-likeness (QED) is 0.0858. The molecule has 4 aromatic rings. The molecule has 192 valence electrons. The van der Waals surface area contributed by atoms with E-state index < -0.39 is 17.7 Å². The van der Waals surface area contributed by atoms with Crippen molar-refractivity contribution in [3.05, 3.63) is 106 Å². The predicted molar refractivity (Wildman–Crippen MR) is 150 cm³/mol. The summed E-state index contributed by atoms with van der Waals surface area (Å²) in [5, 5.41) is 20.5. The molecule has 1 atom stereocenters. The number of ether oxygens (including phenoxy) is 1. The summed E-state index contributed by atoms with van der Waals surface area (Å²) in [5.41, 5.74) is 2.10. The predicted octanol–water partition coefficient (Wildman–Crippen LogP) is 6.51. The number of aromatic nitrogens is 2. The van der Waals surface area contributed by atoms with Crippen LogP contribution in [0.4, 0.5) is 5.13 Å². The van der Waals surface area contributed by atoms with E-state index in [0.29, 0.717) is 38.6 Å². The number of carbonyl (C=O) groups excluding carboxylic acids is 2. The molecule has 1 unspecified atom stereocenters. The second-order valence-corrected chi connectivity index (χ2v) is 10.9. The first-order chi connectivity index (χ1) is 18.5. The lowest BCUT2D eigenvalue weighted by atomic mass is 9.95. The highest BCUT2D eigenvalue weighted by molar-refractivity contribution is 8.00. The second-order valence-electron chi connectivity index (χ2n) is 8.30. The molecule has 2 heterocycles. The van der Waals surface area contributed by atoms with Crippen molar-refractivity contribution in [2.75, 3.05) is 11.5 Å². The molecule has 1 aliphatic rings. The molecule has 0 radical (unpaired) electrons. The van der Waals surface area contributed by atoms with Crippen molar-refractivity contribution in [2.24, 2.45) is 0 Å². The number of anilines is 1. The van der Waals surface area contributed by atoms with Gasteiger partial charge in [0.1, 0.15) is 11.5 Å². The Kier molecular flexibility index (Phi) is 7.78. The van der Waals surface area contributed by atoms with E-state index in [4.69, 9.17) is 16.3 Å². The van der Waals surface area contributed by atoms with Gasteiger partial charge in [-0.25, -0.2) is 0 Å². The molecular weight excluding hydrogens is 542 g/mol. The average molecular weight is 564 g/mol. The molecule has 0 aliphatic carbocycles. The number of aliphatic hydroxyl groups excluding tert-OH is 1. The van der Waals surface area contributed by atoms with E-state index in [-0.39, 0.29) is 16.5 Å². The third-order valence-corrected chi connectivity index (χ3v) is 8.25. The largest absolute Gasteiger partial charge is 0.507 e. The Labute approximate surface area is 232 Å². The highest BCUT2D eigenvalue weighted by Gasteiger charge is 2.48. The van der Waals surface area contributed by atoms with Gasteiger partial charge in [-0.15, -0.1) is 10.2 Å². The maximum Gasteiger partial charge on any atom is 0.301 e. The number of amides is 1. The minimum Gasteiger partial charge on any atom is -0.507 e. The average Bonchev–Trinajstić information content (AvgIpc) is 3.51. The monoisotopic (exact) mass is 563 g/mol. The highest BCUT2D eigenvalue weighted by atomic mass is 35.5. The number of nitrogens with zero attached hydrogens (tertiary/aromatic N) is 3. The van der Waals surface area contributed by atoms with E-state index in [2.05, 4.69) is 10.2 Å².